The molecule has 40 heavy (non-hydrogen) atoms. The quantitative estimate of drug-likeness (QED) is 0.374. The summed E-state index contributed by atoms with van der Waals surface area (Å²) in [5.74, 6) is -2.22. The number of Topliss-reactive ketones (excluding diaryl/α,β-unsaturated/α-hetero) is 1. The summed E-state index contributed by atoms with van der Waals surface area (Å²) in [6.07, 6.45) is 1.19. The van der Waals surface area contributed by atoms with Crippen LogP contribution < -0.4 is 10.0 Å². The standard InChI is InChI=1S/C25H32ClF2N5O5S2/c1-39(35,36)32-16-21(17-32)31-8-6-30(7-9-31)10-11-40(37,38)33(20-4-5-23(27)22(26)13-20)15-19-3-2-18(12-24(19)28)25(34)14-29/h2-5,12-13,21H,6-11,14-17,29H2,1H3. The Morgan fingerprint density at radius 1 is 1.02 bits per heavy atom. The van der Waals surface area contributed by atoms with Gasteiger partial charge in [-0.3, -0.25) is 18.9 Å². The van der Waals surface area contributed by atoms with E-state index in [1.807, 2.05) is 4.90 Å². The molecule has 2 aliphatic heterocycles. The van der Waals surface area contributed by atoms with Crippen molar-refractivity contribution in [3.63, 3.8) is 0 Å². The van der Waals surface area contributed by atoms with Crippen LogP contribution in [0.15, 0.2) is 36.4 Å². The van der Waals surface area contributed by atoms with E-state index in [1.54, 1.807) is 0 Å². The number of sulfonamides is 2. The number of hydrogen-bond acceptors (Lipinski definition) is 8. The molecular formula is C25H32ClF2N5O5S2. The molecule has 0 atom stereocenters. The zero-order chi connectivity index (χ0) is 29.2. The summed E-state index contributed by atoms with van der Waals surface area (Å²) in [6.45, 7) is 3.03. The van der Waals surface area contributed by atoms with Gasteiger partial charge in [0.1, 0.15) is 11.6 Å². The Hall–Kier alpha value is -2.20. The molecule has 2 N–H and O–H groups in total. The van der Waals surface area contributed by atoms with Crippen LogP contribution in [0.1, 0.15) is 15.9 Å². The lowest BCUT2D eigenvalue weighted by atomic mass is 10.1. The molecule has 0 saturated carbocycles. The van der Waals surface area contributed by atoms with E-state index in [-0.39, 0.29) is 53.3 Å². The molecule has 0 radical (unpaired) electrons. The van der Waals surface area contributed by atoms with Crippen molar-refractivity contribution in [1.29, 1.82) is 0 Å². The largest absolute Gasteiger partial charge is 0.324 e. The first-order valence-electron chi connectivity index (χ1n) is 12.7. The maximum Gasteiger partial charge on any atom is 0.236 e. The van der Waals surface area contributed by atoms with Crippen molar-refractivity contribution in [2.24, 2.45) is 5.73 Å². The fourth-order valence-corrected chi connectivity index (χ4v) is 7.28. The summed E-state index contributed by atoms with van der Waals surface area (Å²) in [5.41, 5.74) is 5.53. The van der Waals surface area contributed by atoms with Crippen LogP contribution >= 0.6 is 11.6 Å². The lowest BCUT2D eigenvalue weighted by Gasteiger charge is -2.47. The molecule has 0 aromatic heterocycles. The number of nitrogens with zero attached hydrogens (tertiary/aromatic N) is 4. The summed E-state index contributed by atoms with van der Waals surface area (Å²) in [6, 6.07) is 7.37. The topological polar surface area (TPSA) is 124 Å². The van der Waals surface area contributed by atoms with Crippen LogP contribution in [-0.2, 0) is 26.6 Å². The molecule has 2 heterocycles. The van der Waals surface area contributed by atoms with Crippen molar-refractivity contribution >= 4 is 43.1 Å². The zero-order valence-corrected chi connectivity index (χ0v) is 24.4. The van der Waals surface area contributed by atoms with Crippen molar-refractivity contribution < 1.29 is 30.4 Å². The zero-order valence-electron chi connectivity index (χ0n) is 22.0. The SMILES string of the molecule is CS(=O)(=O)N1CC(N2CCN(CCS(=O)(=O)N(Cc3ccc(C(=O)CN)cc3F)c3ccc(F)c(Cl)c3)CC2)C1. The van der Waals surface area contributed by atoms with Gasteiger partial charge in [0.25, 0.3) is 0 Å². The van der Waals surface area contributed by atoms with Crippen LogP contribution in [0.4, 0.5) is 14.5 Å². The third kappa shape index (κ3) is 7.16. The number of ketones is 1. The Bertz CT molecular complexity index is 1460. The molecule has 2 aromatic rings. The second-order valence-electron chi connectivity index (χ2n) is 9.97. The Morgan fingerprint density at radius 3 is 2.27 bits per heavy atom. The van der Waals surface area contributed by atoms with Crippen LogP contribution in [0.25, 0.3) is 0 Å². The van der Waals surface area contributed by atoms with Gasteiger partial charge < -0.3 is 5.73 Å². The van der Waals surface area contributed by atoms with E-state index in [9.17, 15) is 30.4 Å². The highest BCUT2D eigenvalue weighted by atomic mass is 35.5. The van der Waals surface area contributed by atoms with E-state index in [1.165, 1.54) is 34.8 Å². The molecule has 2 saturated heterocycles. The molecule has 220 valence electrons. The van der Waals surface area contributed by atoms with Crippen molar-refractivity contribution in [1.82, 2.24) is 14.1 Å². The van der Waals surface area contributed by atoms with Gasteiger partial charge in [0.2, 0.25) is 20.0 Å². The summed E-state index contributed by atoms with van der Waals surface area (Å²) >= 11 is 5.93. The van der Waals surface area contributed by atoms with Gasteiger partial charge in [-0.1, -0.05) is 23.7 Å². The van der Waals surface area contributed by atoms with E-state index >= 15 is 0 Å². The highest BCUT2D eigenvalue weighted by Crippen LogP contribution is 2.28. The molecule has 10 nitrogen and oxygen atoms in total. The number of hydrogen-bond donors (Lipinski definition) is 1. The molecule has 2 aliphatic rings. The summed E-state index contributed by atoms with van der Waals surface area (Å²) < 4.78 is 81.6. The van der Waals surface area contributed by atoms with Gasteiger partial charge in [0.05, 0.1) is 35.8 Å². The molecule has 0 amide bonds. The third-order valence-corrected chi connectivity index (χ3v) is 10.5. The van der Waals surface area contributed by atoms with Gasteiger partial charge in [0.15, 0.2) is 5.78 Å². The molecule has 2 fully saturated rings. The predicted octanol–water partition coefficient (Wildman–Crippen LogP) is 1.36. The average Bonchev–Trinajstić information content (AvgIpc) is 2.87. The number of halogens is 3. The lowest BCUT2D eigenvalue weighted by Crippen LogP contribution is -2.64. The molecule has 15 heteroatoms. The highest BCUT2D eigenvalue weighted by Gasteiger charge is 2.38. The predicted molar refractivity (Wildman–Crippen MR) is 149 cm³/mol. The lowest BCUT2D eigenvalue weighted by molar-refractivity contribution is 0.0430. The minimum atomic E-state index is -4.03. The van der Waals surface area contributed by atoms with E-state index in [0.29, 0.717) is 39.3 Å². The van der Waals surface area contributed by atoms with E-state index < -0.39 is 37.5 Å². The molecule has 4 rings (SSSR count). The van der Waals surface area contributed by atoms with Crippen LogP contribution in [0.5, 0.6) is 0 Å². The fraction of sp³-hybridized carbons (Fsp3) is 0.480. The maximum atomic E-state index is 14.9. The molecule has 0 aliphatic carbocycles. The summed E-state index contributed by atoms with van der Waals surface area (Å²) in [4.78, 5) is 16.0. The molecule has 0 spiro atoms. The van der Waals surface area contributed by atoms with Gasteiger partial charge in [-0.2, -0.15) is 4.31 Å². The van der Waals surface area contributed by atoms with Crippen molar-refractivity contribution in [3.8, 4) is 0 Å². The van der Waals surface area contributed by atoms with Gasteiger partial charge in [-0.25, -0.2) is 25.6 Å². The van der Waals surface area contributed by atoms with Crippen LogP contribution in [0.2, 0.25) is 5.02 Å². The first-order chi connectivity index (χ1) is 18.8. The van der Waals surface area contributed by atoms with Crippen LogP contribution in [0.3, 0.4) is 0 Å². The molecule has 2 aromatic carbocycles. The van der Waals surface area contributed by atoms with Crippen molar-refractivity contribution in [3.05, 3.63) is 64.2 Å². The first kappa shape index (κ1) is 30.8. The second kappa shape index (κ2) is 12.3. The molecular weight excluding hydrogens is 588 g/mol. The Morgan fingerprint density at radius 2 is 1.70 bits per heavy atom. The molecule has 0 unspecified atom stereocenters. The Balaban J connectivity index is 1.44. The third-order valence-electron chi connectivity index (χ3n) is 7.29. The van der Waals surface area contributed by atoms with E-state index in [4.69, 9.17) is 17.3 Å². The maximum absolute atomic E-state index is 14.9. The number of benzene rings is 2. The smallest absolute Gasteiger partial charge is 0.236 e. The fourth-order valence-electron chi connectivity index (χ4n) is 4.74. The van der Waals surface area contributed by atoms with Gasteiger partial charge >= 0.3 is 0 Å². The van der Waals surface area contributed by atoms with E-state index in [2.05, 4.69) is 4.90 Å². The summed E-state index contributed by atoms with van der Waals surface area (Å²) in [5, 5.41) is -0.274. The highest BCUT2D eigenvalue weighted by molar-refractivity contribution is 7.92. The second-order valence-corrected chi connectivity index (χ2v) is 14.4. The van der Waals surface area contributed by atoms with E-state index in [0.717, 1.165) is 16.4 Å². The number of nitrogens with two attached hydrogens (primary N) is 1. The minimum Gasteiger partial charge on any atom is -0.324 e. The van der Waals surface area contributed by atoms with Crippen LogP contribution in [-0.4, -0.2) is 107 Å². The number of rotatable bonds is 11. The van der Waals surface area contributed by atoms with Gasteiger partial charge in [-0.15, -0.1) is 0 Å². The number of carbonyl (C=O) groups is 1. The van der Waals surface area contributed by atoms with Gasteiger partial charge in [-0.05, 0) is 24.3 Å². The summed E-state index contributed by atoms with van der Waals surface area (Å²) in [7, 11) is -7.22. The number of carbonyl (C=O) groups excluding carboxylic acids is 1. The van der Waals surface area contributed by atoms with Crippen molar-refractivity contribution in [2.75, 3.05) is 68.7 Å². The monoisotopic (exact) mass is 619 g/mol. The minimum absolute atomic E-state index is 0.0230. The first-order valence-corrected chi connectivity index (χ1v) is 16.5. The molecule has 0 bridgehead atoms. The average molecular weight is 620 g/mol. The van der Waals surface area contributed by atoms with Crippen LogP contribution in [0, 0.1) is 11.6 Å². The Kier molecular flexibility index (Phi) is 9.49. The van der Waals surface area contributed by atoms with Gasteiger partial charge in [0, 0.05) is 63.0 Å². The number of anilines is 1. The number of piperazine rings is 1. The Labute approximate surface area is 238 Å². The van der Waals surface area contributed by atoms with Crippen molar-refractivity contribution in [2.45, 2.75) is 12.6 Å². The normalized spacial score (nSPS) is 18.0.